The summed E-state index contributed by atoms with van der Waals surface area (Å²) in [6, 6.07) is 10.8. The summed E-state index contributed by atoms with van der Waals surface area (Å²) in [5.74, 6) is 6.05. The molecule has 170 valence electrons. The van der Waals surface area contributed by atoms with Crippen molar-refractivity contribution in [1.29, 1.82) is 0 Å². The second-order valence-corrected chi connectivity index (χ2v) is 8.20. The average Bonchev–Trinajstić information content (AvgIpc) is 3.15. The fourth-order valence-corrected chi connectivity index (χ4v) is 2.74. The zero-order valence-corrected chi connectivity index (χ0v) is 18.6. The predicted octanol–water partition coefficient (Wildman–Crippen LogP) is 3.21. The van der Waals surface area contributed by atoms with Crippen LogP contribution < -0.4 is 11.0 Å². The number of carbonyl (C=O) groups is 1. The van der Waals surface area contributed by atoms with Crippen LogP contribution in [0.15, 0.2) is 71.8 Å². The lowest BCUT2D eigenvalue weighted by atomic mass is 10.1. The van der Waals surface area contributed by atoms with Gasteiger partial charge < -0.3 is 10.1 Å². The summed E-state index contributed by atoms with van der Waals surface area (Å²) >= 11 is 0. The first kappa shape index (κ1) is 23.5. The summed E-state index contributed by atoms with van der Waals surface area (Å²) in [4.78, 5) is 28.6. The lowest BCUT2D eigenvalue weighted by Gasteiger charge is -2.20. The van der Waals surface area contributed by atoms with Crippen LogP contribution in [0.4, 0.5) is 9.18 Å². The van der Waals surface area contributed by atoms with Crippen molar-refractivity contribution in [2.24, 2.45) is 0 Å². The fourth-order valence-electron chi connectivity index (χ4n) is 2.74. The molecule has 0 aliphatic heterocycles. The molecule has 1 amide bonds. The van der Waals surface area contributed by atoms with Crippen molar-refractivity contribution in [3.63, 3.8) is 0 Å². The van der Waals surface area contributed by atoms with Gasteiger partial charge in [-0.15, -0.1) is 0 Å². The van der Waals surface area contributed by atoms with Crippen LogP contribution >= 0.6 is 0 Å². The van der Waals surface area contributed by atoms with E-state index in [1.165, 1.54) is 10.9 Å². The summed E-state index contributed by atoms with van der Waals surface area (Å²) in [7, 11) is 0. The monoisotopic (exact) mass is 449 g/mol. The number of hydrogen-bond acceptors (Lipinski definition) is 5. The Kier molecular flexibility index (Phi) is 7.41. The third-order valence-electron chi connectivity index (χ3n) is 4.24. The van der Waals surface area contributed by atoms with Crippen LogP contribution in [-0.4, -0.2) is 37.6 Å². The second-order valence-electron chi connectivity index (χ2n) is 8.20. The molecule has 1 aromatic carbocycles. The molecule has 0 atom stereocenters. The molecular weight excluding hydrogens is 425 g/mol. The molecule has 1 N–H and O–H groups in total. The molecule has 2 heterocycles. The van der Waals surface area contributed by atoms with E-state index in [-0.39, 0.29) is 18.7 Å². The average molecular weight is 449 g/mol. The van der Waals surface area contributed by atoms with Gasteiger partial charge >= 0.3 is 11.8 Å². The molecule has 9 heteroatoms. The van der Waals surface area contributed by atoms with Crippen molar-refractivity contribution >= 4 is 6.09 Å². The molecule has 0 saturated carbocycles. The summed E-state index contributed by atoms with van der Waals surface area (Å²) in [5, 5.41) is 6.66. The lowest BCUT2D eigenvalue weighted by Crippen LogP contribution is -2.41. The van der Waals surface area contributed by atoms with Crippen molar-refractivity contribution in [3.05, 3.63) is 88.6 Å². The highest BCUT2D eigenvalue weighted by atomic mass is 19.1. The third-order valence-corrected chi connectivity index (χ3v) is 4.24. The maximum Gasteiger partial charge on any atom is 0.407 e. The number of nitrogens with zero attached hydrogens (tertiary/aromatic N) is 4. The highest BCUT2D eigenvalue weighted by Gasteiger charge is 2.16. The quantitative estimate of drug-likeness (QED) is 0.604. The number of alkyl carbamates (subject to hydrolysis) is 1. The van der Waals surface area contributed by atoms with Crippen LogP contribution in [0.3, 0.4) is 0 Å². The predicted molar refractivity (Wildman–Crippen MR) is 121 cm³/mol. The zero-order chi connectivity index (χ0) is 23.8. The number of ether oxygens (including phenoxy) is 1. The van der Waals surface area contributed by atoms with Gasteiger partial charge in [0.25, 0.3) is 0 Å². The molecule has 33 heavy (non-hydrogen) atoms. The van der Waals surface area contributed by atoms with Gasteiger partial charge in [-0.2, -0.15) is 5.10 Å². The van der Waals surface area contributed by atoms with Gasteiger partial charge in [0.05, 0.1) is 18.6 Å². The molecule has 0 bridgehead atoms. The maximum atomic E-state index is 13.3. The first-order valence-electron chi connectivity index (χ1n) is 10.2. The van der Waals surface area contributed by atoms with E-state index in [1.54, 1.807) is 57.4 Å². The summed E-state index contributed by atoms with van der Waals surface area (Å²) in [6.07, 6.45) is 4.32. The van der Waals surface area contributed by atoms with E-state index in [0.29, 0.717) is 17.6 Å². The number of halogens is 1. The molecule has 0 fully saturated rings. The minimum Gasteiger partial charge on any atom is -0.445 e. The molecule has 3 rings (SSSR count). The normalized spacial score (nSPS) is 11.5. The van der Waals surface area contributed by atoms with E-state index in [0.717, 1.165) is 10.2 Å². The van der Waals surface area contributed by atoms with Crippen LogP contribution in [0.1, 0.15) is 31.9 Å². The Morgan fingerprint density at radius 3 is 2.67 bits per heavy atom. The van der Waals surface area contributed by atoms with Crippen molar-refractivity contribution in [2.75, 3.05) is 6.61 Å². The van der Waals surface area contributed by atoms with Gasteiger partial charge in [-0.25, -0.2) is 23.2 Å². The Morgan fingerprint density at radius 2 is 1.97 bits per heavy atom. The minimum absolute atomic E-state index is 0.0856. The highest BCUT2D eigenvalue weighted by Crippen LogP contribution is 2.09. The van der Waals surface area contributed by atoms with Crippen LogP contribution in [0.2, 0.25) is 0 Å². The summed E-state index contributed by atoms with van der Waals surface area (Å²) in [5.41, 5.74) is 1.18. The van der Waals surface area contributed by atoms with Crippen molar-refractivity contribution in [2.45, 2.75) is 32.9 Å². The fraction of sp³-hybridized carbons (Fsp3) is 0.250. The van der Waals surface area contributed by atoms with Crippen molar-refractivity contribution in [3.8, 4) is 17.5 Å². The molecule has 0 unspecified atom stereocenters. The van der Waals surface area contributed by atoms with Crippen LogP contribution in [0, 0.1) is 11.8 Å². The molecule has 0 radical (unpaired) electrons. The molecule has 8 nitrogen and oxygen atoms in total. The van der Waals surface area contributed by atoms with Gasteiger partial charge in [-0.1, -0.05) is 17.9 Å². The van der Waals surface area contributed by atoms with Gasteiger partial charge in [-0.05, 0) is 51.1 Å². The minimum atomic E-state index is -0.677. The Balaban J connectivity index is 1.71. The largest absolute Gasteiger partial charge is 0.445 e. The highest BCUT2D eigenvalue weighted by molar-refractivity contribution is 5.68. The Labute approximate surface area is 190 Å². The topological polar surface area (TPSA) is 91.0 Å². The van der Waals surface area contributed by atoms with Crippen LogP contribution in [0.25, 0.3) is 5.69 Å². The van der Waals surface area contributed by atoms with Gasteiger partial charge in [0.15, 0.2) is 0 Å². The SMILES string of the molecule is CC(C)(C)NC(=O)OC/C(=C/F)Cn1ncn(-c2cccc(C#Cc3cccnc3)c2)c1=O. The Bertz CT molecular complexity index is 1260. The number of hydrogen-bond donors (Lipinski definition) is 1. The molecule has 0 spiro atoms. The zero-order valence-electron chi connectivity index (χ0n) is 18.6. The van der Waals surface area contributed by atoms with E-state index < -0.39 is 17.3 Å². The summed E-state index contributed by atoms with van der Waals surface area (Å²) < 4.78 is 20.8. The van der Waals surface area contributed by atoms with E-state index in [4.69, 9.17) is 4.74 Å². The van der Waals surface area contributed by atoms with Gasteiger partial charge in [0, 0.05) is 34.6 Å². The Hall–Kier alpha value is -4.19. The molecule has 0 aliphatic carbocycles. The van der Waals surface area contributed by atoms with E-state index >= 15 is 0 Å². The smallest absolute Gasteiger partial charge is 0.407 e. The third kappa shape index (κ3) is 6.90. The lowest BCUT2D eigenvalue weighted by molar-refractivity contribution is 0.145. The number of rotatable bonds is 5. The van der Waals surface area contributed by atoms with E-state index in [2.05, 4.69) is 27.2 Å². The van der Waals surface area contributed by atoms with Gasteiger partial charge in [0.1, 0.15) is 12.9 Å². The van der Waals surface area contributed by atoms with Crippen molar-refractivity contribution in [1.82, 2.24) is 24.6 Å². The molecule has 0 saturated heterocycles. The number of nitrogens with one attached hydrogen (secondary N) is 1. The summed E-state index contributed by atoms with van der Waals surface area (Å²) in [6.45, 7) is 4.92. The molecule has 3 aromatic rings. The molecule has 0 aliphatic rings. The molecule has 2 aromatic heterocycles. The number of benzene rings is 1. The molecular formula is C24H24FN5O3. The van der Waals surface area contributed by atoms with Gasteiger partial charge in [0.2, 0.25) is 0 Å². The number of aromatic nitrogens is 4. The number of carbonyl (C=O) groups excluding carboxylic acids is 1. The number of amides is 1. The standard InChI is InChI=1S/C24H24FN5O3/c1-24(2,3)28-22(31)33-16-20(13-25)15-30-23(32)29(17-27-30)21-8-4-6-18(12-21)9-10-19-7-5-11-26-14-19/h4-8,11-14,17H,15-16H2,1-3H3,(H,28,31)/b20-13+. The number of pyridine rings is 1. The van der Waals surface area contributed by atoms with Crippen LogP contribution in [-0.2, 0) is 11.3 Å². The van der Waals surface area contributed by atoms with E-state index in [1.807, 2.05) is 12.1 Å². The first-order valence-corrected chi connectivity index (χ1v) is 10.2. The maximum absolute atomic E-state index is 13.3. The second kappa shape index (κ2) is 10.4. The Morgan fingerprint density at radius 1 is 1.21 bits per heavy atom. The van der Waals surface area contributed by atoms with E-state index in [9.17, 15) is 14.0 Å². The van der Waals surface area contributed by atoms with Gasteiger partial charge in [-0.3, -0.25) is 4.98 Å². The first-order chi connectivity index (χ1) is 15.7. The van der Waals surface area contributed by atoms with Crippen LogP contribution in [0.5, 0.6) is 0 Å². The van der Waals surface area contributed by atoms with Crippen molar-refractivity contribution < 1.29 is 13.9 Å².